The molecule has 6 heteroatoms. The van der Waals surface area contributed by atoms with Gasteiger partial charge in [-0.2, -0.15) is 0 Å². The van der Waals surface area contributed by atoms with Crippen LogP contribution in [0.3, 0.4) is 0 Å². The van der Waals surface area contributed by atoms with E-state index in [1.165, 1.54) is 6.21 Å². The number of nitrogens with zero attached hydrogens (tertiary/aromatic N) is 1. The summed E-state index contributed by atoms with van der Waals surface area (Å²) in [4.78, 5) is 0. The highest BCUT2D eigenvalue weighted by atomic mass is 127. The zero-order valence-corrected chi connectivity index (χ0v) is 15.7. The van der Waals surface area contributed by atoms with Crippen molar-refractivity contribution in [3.05, 3.63) is 55.6 Å². The van der Waals surface area contributed by atoms with E-state index < -0.39 is 0 Å². The van der Waals surface area contributed by atoms with Gasteiger partial charge in [0, 0.05) is 10.0 Å². The Morgan fingerprint density at radius 2 is 1.95 bits per heavy atom. The van der Waals surface area contributed by atoms with Crippen molar-refractivity contribution in [2.75, 3.05) is 6.61 Å². The summed E-state index contributed by atoms with van der Waals surface area (Å²) >= 11 is 5.60. The Morgan fingerprint density at radius 3 is 2.59 bits per heavy atom. The summed E-state index contributed by atoms with van der Waals surface area (Å²) in [7, 11) is 0. The number of hydrogen-bond acceptors (Lipinski definition) is 4. The van der Waals surface area contributed by atoms with E-state index in [9.17, 15) is 0 Å². The molecule has 0 saturated carbocycles. The van der Waals surface area contributed by atoms with E-state index >= 15 is 0 Å². The standard InChI is InChI=1S/C16H15BrINO3/c1-2-21-15-8-12(9-19-20)7-14(18)16(15)22-10-11-3-5-13(17)6-4-11/h3-9,20H,2,10H2,1H3/b19-9-. The molecule has 2 rings (SSSR count). The van der Waals surface area contributed by atoms with Crippen LogP contribution in [0.1, 0.15) is 18.1 Å². The topological polar surface area (TPSA) is 51.0 Å². The van der Waals surface area contributed by atoms with Crippen LogP contribution in [0.25, 0.3) is 0 Å². The Balaban J connectivity index is 2.22. The van der Waals surface area contributed by atoms with Crippen LogP contribution in [-0.4, -0.2) is 18.0 Å². The maximum Gasteiger partial charge on any atom is 0.175 e. The van der Waals surface area contributed by atoms with Crippen LogP contribution in [0, 0.1) is 3.57 Å². The molecule has 0 atom stereocenters. The predicted molar refractivity (Wildman–Crippen MR) is 98.2 cm³/mol. The smallest absolute Gasteiger partial charge is 0.175 e. The van der Waals surface area contributed by atoms with Gasteiger partial charge in [-0.3, -0.25) is 0 Å². The lowest BCUT2D eigenvalue weighted by Crippen LogP contribution is -2.02. The van der Waals surface area contributed by atoms with Gasteiger partial charge >= 0.3 is 0 Å². The molecule has 0 aliphatic heterocycles. The third kappa shape index (κ3) is 4.61. The van der Waals surface area contributed by atoms with Crippen molar-refractivity contribution >= 4 is 44.7 Å². The second-order valence-electron chi connectivity index (χ2n) is 4.42. The summed E-state index contributed by atoms with van der Waals surface area (Å²) in [5, 5.41) is 11.7. The second-order valence-corrected chi connectivity index (χ2v) is 6.50. The molecule has 2 aromatic rings. The highest BCUT2D eigenvalue weighted by Crippen LogP contribution is 2.34. The SMILES string of the molecule is CCOc1cc(/C=N\O)cc(I)c1OCc1ccc(Br)cc1. The van der Waals surface area contributed by atoms with Gasteiger partial charge in [-0.15, -0.1) is 0 Å². The van der Waals surface area contributed by atoms with E-state index in [1.807, 2.05) is 37.3 Å². The molecule has 1 N–H and O–H groups in total. The maximum atomic E-state index is 8.67. The first-order valence-electron chi connectivity index (χ1n) is 6.65. The van der Waals surface area contributed by atoms with E-state index in [4.69, 9.17) is 14.7 Å². The molecule has 22 heavy (non-hydrogen) atoms. The third-order valence-corrected chi connectivity index (χ3v) is 4.16. The van der Waals surface area contributed by atoms with E-state index in [2.05, 4.69) is 43.7 Å². The lowest BCUT2D eigenvalue weighted by atomic mass is 10.2. The van der Waals surface area contributed by atoms with Crippen LogP contribution >= 0.6 is 38.5 Å². The fourth-order valence-corrected chi connectivity index (χ4v) is 2.91. The Kier molecular flexibility index (Phi) is 6.50. The van der Waals surface area contributed by atoms with Crippen molar-refractivity contribution < 1.29 is 14.7 Å². The van der Waals surface area contributed by atoms with Crippen LogP contribution < -0.4 is 9.47 Å². The third-order valence-electron chi connectivity index (χ3n) is 2.83. The van der Waals surface area contributed by atoms with Gasteiger partial charge in [0.05, 0.1) is 16.4 Å². The van der Waals surface area contributed by atoms with Crippen LogP contribution in [0.4, 0.5) is 0 Å². The van der Waals surface area contributed by atoms with Gasteiger partial charge in [-0.1, -0.05) is 33.2 Å². The molecule has 0 fully saturated rings. The first-order chi connectivity index (χ1) is 10.6. The second kappa shape index (κ2) is 8.38. The zero-order chi connectivity index (χ0) is 15.9. The molecule has 0 spiro atoms. The number of hydrogen-bond donors (Lipinski definition) is 1. The molecule has 0 bridgehead atoms. The summed E-state index contributed by atoms with van der Waals surface area (Å²) in [6.07, 6.45) is 1.36. The summed E-state index contributed by atoms with van der Waals surface area (Å²) < 4.78 is 13.5. The molecule has 0 aromatic heterocycles. The average Bonchev–Trinajstić information content (AvgIpc) is 2.49. The highest BCUT2D eigenvalue weighted by molar-refractivity contribution is 14.1. The zero-order valence-electron chi connectivity index (χ0n) is 11.9. The lowest BCUT2D eigenvalue weighted by Gasteiger charge is -2.14. The number of halogens is 2. The van der Waals surface area contributed by atoms with Crippen molar-refractivity contribution in [1.82, 2.24) is 0 Å². The Morgan fingerprint density at radius 1 is 1.23 bits per heavy atom. The van der Waals surface area contributed by atoms with E-state index in [0.29, 0.717) is 24.7 Å². The monoisotopic (exact) mass is 475 g/mol. The minimum Gasteiger partial charge on any atom is -0.490 e. The molecule has 0 saturated heterocycles. The molecule has 0 heterocycles. The number of ether oxygens (including phenoxy) is 2. The van der Waals surface area contributed by atoms with Crippen LogP contribution in [0.5, 0.6) is 11.5 Å². The molecule has 116 valence electrons. The van der Waals surface area contributed by atoms with Gasteiger partial charge in [0.2, 0.25) is 0 Å². The fourth-order valence-electron chi connectivity index (χ4n) is 1.87. The first kappa shape index (κ1) is 17.1. The van der Waals surface area contributed by atoms with Gasteiger partial charge in [0.15, 0.2) is 11.5 Å². The Labute approximate surface area is 151 Å². The van der Waals surface area contributed by atoms with Gasteiger partial charge in [-0.05, 0) is 59.3 Å². The maximum absolute atomic E-state index is 8.67. The summed E-state index contributed by atoms with van der Waals surface area (Å²) in [5.74, 6) is 1.34. The lowest BCUT2D eigenvalue weighted by molar-refractivity contribution is 0.267. The number of oxime groups is 1. The molecule has 0 radical (unpaired) electrons. The van der Waals surface area contributed by atoms with Crippen molar-refractivity contribution in [2.24, 2.45) is 5.16 Å². The Hall–Kier alpha value is -1.28. The molecular weight excluding hydrogens is 461 g/mol. The van der Waals surface area contributed by atoms with Crippen molar-refractivity contribution in [2.45, 2.75) is 13.5 Å². The van der Waals surface area contributed by atoms with Gasteiger partial charge in [0.25, 0.3) is 0 Å². The summed E-state index contributed by atoms with van der Waals surface area (Å²) in [6, 6.07) is 11.6. The van der Waals surface area contributed by atoms with Crippen LogP contribution in [0.2, 0.25) is 0 Å². The van der Waals surface area contributed by atoms with Crippen LogP contribution in [-0.2, 0) is 6.61 Å². The minimum absolute atomic E-state index is 0.455. The average molecular weight is 476 g/mol. The molecule has 4 nitrogen and oxygen atoms in total. The van der Waals surface area contributed by atoms with E-state index in [-0.39, 0.29) is 0 Å². The highest BCUT2D eigenvalue weighted by Gasteiger charge is 2.12. The van der Waals surface area contributed by atoms with E-state index in [0.717, 1.165) is 19.2 Å². The number of rotatable bonds is 6. The molecule has 0 aliphatic carbocycles. The first-order valence-corrected chi connectivity index (χ1v) is 8.52. The Bertz CT molecular complexity index is 659. The molecule has 0 unspecified atom stereocenters. The predicted octanol–water partition coefficient (Wildman–Crippen LogP) is 4.84. The minimum atomic E-state index is 0.455. The molecule has 2 aromatic carbocycles. The largest absolute Gasteiger partial charge is 0.490 e. The normalized spacial score (nSPS) is 10.9. The van der Waals surface area contributed by atoms with Crippen molar-refractivity contribution in [3.8, 4) is 11.5 Å². The number of benzene rings is 2. The van der Waals surface area contributed by atoms with Gasteiger partial charge in [0.1, 0.15) is 6.61 Å². The summed E-state index contributed by atoms with van der Waals surface area (Å²) in [6.45, 7) is 2.90. The summed E-state index contributed by atoms with van der Waals surface area (Å²) in [5.41, 5.74) is 1.83. The van der Waals surface area contributed by atoms with Crippen molar-refractivity contribution in [1.29, 1.82) is 0 Å². The van der Waals surface area contributed by atoms with Gasteiger partial charge < -0.3 is 14.7 Å². The molecule has 0 aliphatic rings. The van der Waals surface area contributed by atoms with E-state index in [1.54, 1.807) is 6.07 Å². The molecule has 0 amide bonds. The molecular formula is C16H15BrINO3. The van der Waals surface area contributed by atoms with Crippen molar-refractivity contribution in [3.63, 3.8) is 0 Å². The fraction of sp³-hybridized carbons (Fsp3) is 0.188. The van der Waals surface area contributed by atoms with Crippen LogP contribution in [0.15, 0.2) is 46.0 Å². The quantitative estimate of drug-likeness (QED) is 0.281. The van der Waals surface area contributed by atoms with Gasteiger partial charge in [-0.25, -0.2) is 0 Å².